The summed E-state index contributed by atoms with van der Waals surface area (Å²) >= 11 is 1.13. The third-order valence-electron chi connectivity index (χ3n) is 4.99. The summed E-state index contributed by atoms with van der Waals surface area (Å²) in [5, 5.41) is 0.476. The Balaban J connectivity index is 1.68. The average molecular weight is 472 g/mol. The van der Waals surface area contributed by atoms with E-state index < -0.39 is 17.2 Å². The van der Waals surface area contributed by atoms with Crippen molar-refractivity contribution in [1.29, 1.82) is 0 Å². The van der Waals surface area contributed by atoms with Crippen LogP contribution in [-0.4, -0.2) is 14.5 Å². The van der Waals surface area contributed by atoms with Gasteiger partial charge >= 0.3 is 0 Å². The first-order valence-corrected chi connectivity index (χ1v) is 11.0. The fraction of sp³-hybridized carbons (Fsp3) is 0.174. The van der Waals surface area contributed by atoms with Crippen molar-refractivity contribution in [1.82, 2.24) is 14.5 Å². The number of pyridine rings is 1. The quantitative estimate of drug-likeness (QED) is 0.371. The molecule has 0 aliphatic heterocycles. The summed E-state index contributed by atoms with van der Waals surface area (Å²) in [6.07, 6.45) is 1.44. The minimum absolute atomic E-state index is 0.00788. The maximum absolute atomic E-state index is 15.0. The zero-order valence-corrected chi connectivity index (χ0v) is 18.6. The maximum atomic E-state index is 15.0. The summed E-state index contributed by atoms with van der Waals surface area (Å²) in [5.41, 5.74) is 6.05. The van der Waals surface area contributed by atoms with E-state index in [0.29, 0.717) is 16.8 Å². The summed E-state index contributed by atoms with van der Waals surface area (Å²) in [7, 11) is 0. The van der Waals surface area contributed by atoms with Gasteiger partial charge in [-0.2, -0.15) is 4.98 Å². The number of nitrogen functional groups attached to an aromatic ring is 1. The Morgan fingerprint density at radius 3 is 2.48 bits per heavy atom. The molecular weight excluding hydrogens is 451 g/mol. The molecule has 0 saturated carbocycles. The molecular formula is C23H20F3N5OS. The highest BCUT2D eigenvalue weighted by molar-refractivity contribution is 7.99. The summed E-state index contributed by atoms with van der Waals surface area (Å²) in [4.78, 5) is 21.2. The third kappa shape index (κ3) is 4.65. The molecule has 2 aromatic carbocycles. The van der Waals surface area contributed by atoms with Gasteiger partial charge in [0.05, 0.1) is 11.3 Å². The molecule has 0 bridgehead atoms. The van der Waals surface area contributed by atoms with Gasteiger partial charge < -0.3 is 10.5 Å². The van der Waals surface area contributed by atoms with Crippen molar-refractivity contribution in [3.05, 3.63) is 82.0 Å². The first-order chi connectivity index (χ1) is 15.7. The van der Waals surface area contributed by atoms with Crippen molar-refractivity contribution >= 4 is 34.6 Å². The van der Waals surface area contributed by atoms with E-state index in [1.54, 1.807) is 26.0 Å². The number of anilines is 2. The highest BCUT2D eigenvalue weighted by atomic mass is 32.2. The second-order valence-electron chi connectivity index (χ2n) is 7.66. The number of hydrogen-bond acceptors (Lipinski definition) is 6. The van der Waals surface area contributed by atoms with Crippen LogP contribution in [0.5, 0.6) is 0 Å². The van der Waals surface area contributed by atoms with Gasteiger partial charge in [0.1, 0.15) is 23.1 Å². The zero-order valence-electron chi connectivity index (χ0n) is 17.8. The van der Waals surface area contributed by atoms with Crippen LogP contribution in [0.1, 0.15) is 25.5 Å². The Morgan fingerprint density at radius 2 is 1.79 bits per heavy atom. The van der Waals surface area contributed by atoms with Crippen LogP contribution in [0.3, 0.4) is 0 Å². The van der Waals surface area contributed by atoms with Crippen molar-refractivity contribution < 1.29 is 13.2 Å². The van der Waals surface area contributed by atoms with Crippen LogP contribution >= 0.6 is 11.9 Å². The molecule has 0 radical (unpaired) electrons. The van der Waals surface area contributed by atoms with E-state index in [4.69, 9.17) is 5.73 Å². The van der Waals surface area contributed by atoms with Gasteiger partial charge in [-0.1, -0.05) is 12.1 Å². The van der Waals surface area contributed by atoms with Crippen molar-refractivity contribution in [3.63, 3.8) is 0 Å². The van der Waals surface area contributed by atoms with Gasteiger partial charge in [0.2, 0.25) is 5.95 Å². The normalized spacial score (nSPS) is 11.3. The zero-order chi connectivity index (χ0) is 23.7. The Kier molecular flexibility index (Phi) is 6.28. The molecule has 0 spiro atoms. The Bertz CT molecular complexity index is 1390. The number of rotatable bonds is 6. The third-order valence-corrected chi connectivity index (χ3v) is 5.83. The predicted molar refractivity (Wildman–Crippen MR) is 125 cm³/mol. The second kappa shape index (κ2) is 9.14. The molecule has 3 N–H and O–H groups in total. The van der Waals surface area contributed by atoms with Crippen molar-refractivity contribution in [2.75, 3.05) is 10.5 Å². The fourth-order valence-corrected chi connectivity index (χ4v) is 4.16. The van der Waals surface area contributed by atoms with Crippen LogP contribution in [0.4, 0.5) is 24.8 Å². The molecule has 4 rings (SSSR count). The largest absolute Gasteiger partial charge is 0.368 e. The second-order valence-corrected chi connectivity index (χ2v) is 8.44. The van der Waals surface area contributed by atoms with Crippen LogP contribution in [0.25, 0.3) is 22.2 Å². The van der Waals surface area contributed by atoms with Gasteiger partial charge in [0, 0.05) is 35.0 Å². The van der Waals surface area contributed by atoms with E-state index in [2.05, 4.69) is 14.7 Å². The molecule has 0 fully saturated rings. The minimum atomic E-state index is -0.760. The van der Waals surface area contributed by atoms with Gasteiger partial charge in [0.15, 0.2) is 0 Å². The summed E-state index contributed by atoms with van der Waals surface area (Å²) in [6.45, 7) is 3.57. The molecule has 0 saturated heterocycles. The van der Waals surface area contributed by atoms with Crippen molar-refractivity contribution in [2.24, 2.45) is 0 Å². The van der Waals surface area contributed by atoms with E-state index in [0.717, 1.165) is 29.6 Å². The minimum Gasteiger partial charge on any atom is -0.368 e. The van der Waals surface area contributed by atoms with E-state index in [9.17, 15) is 13.6 Å². The molecule has 2 aromatic heterocycles. The summed E-state index contributed by atoms with van der Waals surface area (Å²) < 4.78 is 47.0. The standard InChI is InChI=1S/C23H20F3N5OS/c1-12(2)31-21-14(10-28-23(27)29-21)7-17(22(31)32)16-8-19(26)20(9-18(16)25)30-33-11-13-3-5-15(24)6-4-13/h3-10,12,30H,11H2,1-2H3,(H2,27,28,29). The number of fused-ring (bicyclic) bond motifs is 1. The van der Waals surface area contributed by atoms with E-state index in [-0.39, 0.29) is 34.6 Å². The lowest BCUT2D eigenvalue weighted by Gasteiger charge is -2.16. The monoisotopic (exact) mass is 471 g/mol. The number of nitrogens with zero attached hydrogens (tertiary/aromatic N) is 3. The molecule has 170 valence electrons. The molecule has 33 heavy (non-hydrogen) atoms. The lowest BCUT2D eigenvalue weighted by atomic mass is 10.0. The molecule has 2 heterocycles. The fourth-order valence-electron chi connectivity index (χ4n) is 3.41. The lowest BCUT2D eigenvalue weighted by molar-refractivity contribution is 0.592. The van der Waals surface area contributed by atoms with Crippen molar-refractivity contribution in [3.8, 4) is 11.1 Å². The Labute approximate surface area is 191 Å². The first kappa shape index (κ1) is 22.7. The number of halogens is 3. The van der Waals surface area contributed by atoms with Crippen LogP contribution in [0, 0.1) is 17.5 Å². The molecule has 4 aromatic rings. The van der Waals surface area contributed by atoms with Crippen LogP contribution in [0.2, 0.25) is 0 Å². The molecule has 0 aliphatic carbocycles. The maximum Gasteiger partial charge on any atom is 0.260 e. The topological polar surface area (TPSA) is 85.8 Å². The number of aromatic nitrogens is 3. The molecule has 0 atom stereocenters. The van der Waals surface area contributed by atoms with Crippen LogP contribution in [-0.2, 0) is 5.75 Å². The Hall–Kier alpha value is -3.53. The number of nitrogens with two attached hydrogens (primary N) is 1. The van der Waals surface area contributed by atoms with E-state index >= 15 is 4.39 Å². The Morgan fingerprint density at radius 1 is 1.06 bits per heavy atom. The van der Waals surface area contributed by atoms with E-state index in [1.807, 2.05) is 0 Å². The van der Waals surface area contributed by atoms with Crippen molar-refractivity contribution in [2.45, 2.75) is 25.6 Å². The van der Waals surface area contributed by atoms with Gasteiger partial charge in [-0.05, 0) is 55.6 Å². The number of benzene rings is 2. The molecule has 10 heteroatoms. The number of nitrogens with one attached hydrogen (secondary N) is 1. The van der Waals surface area contributed by atoms with Gasteiger partial charge in [0.25, 0.3) is 5.56 Å². The first-order valence-electron chi connectivity index (χ1n) is 10.0. The van der Waals surface area contributed by atoms with E-state index in [1.165, 1.54) is 29.0 Å². The predicted octanol–water partition coefficient (Wildman–Crippen LogP) is 5.30. The van der Waals surface area contributed by atoms with Gasteiger partial charge in [-0.3, -0.25) is 9.36 Å². The van der Waals surface area contributed by atoms with Crippen LogP contribution < -0.4 is 16.0 Å². The molecule has 6 nitrogen and oxygen atoms in total. The molecule has 0 amide bonds. The number of hydrogen-bond donors (Lipinski definition) is 2. The SMILES string of the molecule is CC(C)n1c(=O)c(-c2cc(F)c(NSCc3ccc(F)cc3)cc2F)cc2cnc(N)nc21. The lowest BCUT2D eigenvalue weighted by Crippen LogP contribution is -2.25. The highest BCUT2D eigenvalue weighted by Gasteiger charge is 2.19. The smallest absolute Gasteiger partial charge is 0.260 e. The molecule has 0 unspecified atom stereocenters. The highest BCUT2D eigenvalue weighted by Crippen LogP contribution is 2.30. The molecule has 0 aliphatic rings. The van der Waals surface area contributed by atoms with Gasteiger partial charge in [-0.15, -0.1) is 0 Å². The van der Waals surface area contributed by atoms with Crippen LogP contribution in [0.15, 0.2) is 53.5 Å². The van der Waals surface area contributed by atoms with Gasteiger partial charge in [-0.25, -0.2) is 18.2 Å². The summed E-state index contributed by atoms with van der Waals surface area (Å²) in [5.74, 6) is -1.40. The summed E-state index contributed by atoms with van der Waals surface area (Å²) in [6, 6.07) is 9.01. The average Bonchev–Trinajstić information content (AvgIpc) is 2.76.